The molecule has 0 fully saturated rings. The monoisotopic (exact) mass is 567 g/mol. The summed E-state index contributed by atoms with van der Waals surface area (Å²) in [5, 5.41) is 14.3. The third-order valence-corrected chi connectivity index (χ3v) is 7.21. The number of halogens is 1. The van der Waals surface area contributed by atoms with Crippen LogP contribution in [0.2, 0.25) is 0 Å². The average molecular weight is 568 g/mol. The van der Waals surface area contributed by atoms with Gasteiger partial charge in [-0.2, -0.15) is 0 Å². The van der Waals surface area contributed by atoms with Crippen LogP contribution in [0.4, 0.5) is 14.9 Å². The zero-order chi connectivity index (χ0) is 29.6. The van der Waals surface area contributed by atoms with E-state index in [1.165, 1.54) is 6.07 Å². The van der Waals surface area contributed by atoms with Gasteiger partial charge in [-0.15, -0.1) is 0 Å². The van der Waals surface area contributed by atoms with Crippen LogP contribution in [0, 0.1) is 5.82 Å². The van der Waals surface area contributed by atoms with E-state index in [1.807, 2.05) is 90.8 Å². The Labute approximate surface area is 242 Å². The van der Waals surface area contributed by atoms with Crippen molar-refractivity contribution in [2.75, 3.05) is 25.5 Å². The molecule has 9 heteroatoms. The summed E-state index contributed by atoms with van der Waals surface area (Å²) < 4.78 is 19.9. The van der Waals surface area contributed by atoms with Crippen LogP contribution in [0.25, 0.3) is 11.1 Å². The molecule has 0 saturated heterocycles. The van der Waals surface area contributed by atoms with E-state index in [2.05, 4.69) is 10.6 Å². The molecular weight excluding hydrogens is 537 g/mol. The molecule has 1 aliphatic rings. The van der Waals surface area contributed by atoms with Crippen molar-refractivity contribution >= 4 is 23.7 Å². The second-order valence-corrected chi connectivity index (χ2v) is 10.2. The quantitative estimate of drug-likeness (QED) is 0.234. The van der Waals surface area contributed by atoms with E-state index in [1.54, 1.807) is 0 Å². The minimum Gasteiger partial charge on any atom is -0.478 e. The molecule has 214 valence electrons. The molecule has 0 bridgehead atoms. The summed E-state index contributed by atoms with van der Waals surface area (Å²) in [6, 6.07) is 27.9. The van der Waals surface area contributed by atoms with Crippen LogP contribution in [0.5, 0.6) is 0 Å². The number of likely N-dealkylation sites (N-methyl/N-ethyl adjacent to an activating group) is 1. The highest BCUT2D eigenvalue weighted by Gasteiger charge is 2.30. The molecular formula is C33H30FN3O5. The Bertz CT molecular complexity index is 1570. The lowest BCUT2D eigenvalue weighted by Gasteiger charge is -2.25. The average Bonchev–Trinajstić information content (AvgIpc) is 3.29. The fourth-order valence-electron chi connectivity index (χ4n) is 5.24. The van der Waals surface area contributed by atoms with Gasteiger partial charge in [-0.25, -0.2) is 14.0 Å². The Kier molecular flexibility index (Phi) is 8.59. The Balaban J connectivity index is 1.29. The molecule has 42 heavy (non-hydrogen) atoms. The van der Waals surface area contributed by atoms with E-state index in [0.717, 1.165) is 39.9 Å². The zero-order valence-electron chi connectivity index (χ0n) is 22.9. The second-order valence-electron chi connectivity index (χ2n) is 10.2. The normalized spacial score (nSPS) is 12.7. The molecule has 0 aliphatic heterocycles. The van der Waals surface area contributed by atoms with E-state index >= 15 is 0 Å². The Morgan fingerprint density at radius 1 is 0.905 bits per heavy atom. The van der Waals surface area contributed by atoms with Crippen molar-refractivity contribution in [1.82, 2.24) is 10.2 Å². The SMILES string of the molecule is CN(Cc1ccccc1)CC(NC(=O)OCC1c2ccccc2-c2ccccc21)C(=O)Nc1ccc(C(=O)O)c(F)c1. The maximum absolute atomic E-state index is 14.2. The van der Waals surface area contributed by atoms with E-state index in [9.17, 15) is 18.8 Å². The van der Waals surface area contributed by atoms with Crippen molar-refractivity contribution in [2.45, 2.75) is 18.5 Å². The van der Waals surface area contributed by atoms with Gasteiger partial charge < -0.3 is 20.5 Å². The minimum atomic E-state index is -1.41. The lowest BCUT2D eigenvalue weighted by Crippen LogP contribution is -2.50. The van der Waals surface area contributed by atoms with Crippen LogP contribution < -0.4 is 10.6 Å². The highest BCUT2D eigenvalue weighted by molar-refractivity contribution is 5.97. The molecule has 0 saturated carbocycles. The fourth-order valence-corrected chi connectivity index (χ4v) is 5.24. The largest absolute Gasteiger partial charge is 0.478 e. The van der Waals surface area contributed by atoms with E-state index in [0.29, 0.717) is 6.54 Å². The van der Waals surface area contributed by atoms with Gasteiger partial charge in [0.2, 0.25) is 5.91 Å². The molecule has 0 heterocycles. The molecule has 3 N–H and O–H groups in total. The molecule has 4 aromatic carbocycles. The van der Waals surface area contributed by atoms with Crippen LogP contribution in [0.3, 0.4) is 0 Å². The van der Waals surface area contributed by atoms with Gasteiger partial charge in [0.1, 0.15) is 18.5 Å². The number of carbonyl (C=O) groups is 3. The Morgan fingerprint density at radius 3 is 2.14 bits per heavy atom. The van der Waals surface area contributed by atoms with Crippen molar-refractivity contribution in [1.29, 1.82) is 0 Å². The number of nitrogens with one attached hydrogen (secondary N) is 2. The van der Waals surface area contributed by atoms with Gasteiger partial charge in [0.15, 0.2) is 0 Å². The maximum Gasteiger partial charge on any atom is 0.407 e. The molecule has 1 unspecified atom stereocenters. The van der Waals surface area contributed by atoms with E-state index in [4.69, 9.17) is 9.84 Å². The summed E-state index contributed by atoms with van der Waals surface area (Å²) in [5.41, 5.74) is 4.90. The number of aromatic carboxylic acids is 1. The molecule has 2 amide bonds. The minimum absolute atomic E-state index is 0.0625. The number of benzene rings is 4. The molecule has 1 atom stereocenters. The number of carbonyl (C=O) groups excluding carboxylic acids is 2. The number of fused-ring (bicyclic) bond motifs is 3. The number of hydrogen-bond acceptors (Lipinski definition) is 5. The summed E-state index contributed by atoms with van der Waals surface area (Å²) >= 11 is 0. The number of ether oxygens (including phenoxy) is 1. The van der Waals surface area contributed by atoms with Gasteiger partial charge in [0, 0.05) is 24.7 Å². The maximum atomic E-state index is 14.2. The highest BCUT2D eigenvalue weighted by Crippen LogP contribution is 2.44. The highest BCUT2D eigenvalue weighted by atomic mass is 19.1. The van der Waals surface area contributed by atoms with E-state index < -0.39 is 35.4 Å². The van der Waals surface area contributed by atoms with Gasteiger partial charge in [-0.1, -0.05) is 78.9 Å². The fraction of sp³-hybridized carbons (Fsp3) is 0.182. The summed E-state index contributed by atoms with van der Waals surface area (Å²) in [5.74, 6) is -3.15. The van der Waals surface area contributed by atoms with Crippen LogP contribution in [-0.2, 0) is 16.1 Å². The predicted molar refractivity (Wildman–Crippen MR) is 157 cm³/mol. The molecule has 0 radical (unpaired) electrons. The number of carboxylic acid groups (broad SMARTS) is 1. The van der Waals surface area contributed by atoms with Crippen molar-refractivity contribution < 1.29 is 28.6 Å². The van der Waals surface area contributed by atoms with Gasteiger partial charge >= 0.3 is 12.1 Å². The standard InChI is InChI=1S/C33H30FN3O5/c1-37(18-21-9-3-2-4-10-21)19-30(31(38)35-22-15-16-27(32(39)40)29(34)17-22)36-33(41)42-20-28-25-13-7-5-11-23(25)24-12-6-8-14-26(24)28/h2-17,28,30H,18-20H2,1H3,(H,35,38)(H,36,41)(H,39,40). The lowest BCUT2D eigenvalue weighted by atomic mass is 9.98. The van der Waals surface area contributed by atoms with Crippen molar-refractivity contribution in [3.8, 4) is 11.1 Å². The van der Waals surface area contributed by atoms with Gasteiger partial charge in [0.05, 0.1) is 5.56 Å². The Hall–Kier alpha value is -5.02. The lowest BCUT2D eigenvalue weighted by molar-refractivity contribution is -0.118. The molecule has 1 aliphatic carbocycles. The van der Waals surface area contributed by atoms with Gasteiger partial charge in [-0.3, -0.25) is 9.69 Å². The van der Waals surface area contributed by atoms with E-state index in [-0.39, 0.29) is 24.8 Å². The number of rotatable bonds is 10. The first-order valence-electron chi connectivity index (χ1n) is 13.5. The number of carboxylic acids is 1. The first-order chi connectivity index (χ1) is 20.3. The first kappa shape index (κ1) is 28.5. The summed E-state index contributed by atoms with van der Waals surface area (Å²) in [6.07, 6.45) is -0.766. The van der Waals surface area contributed by atoms with Gasteiger partial charge in [-0.05, 0) is 53.1 Å². The molecule has 4 aromatic rings. The van der Waals surface area contributed by atoms with Crippen molar-refractivity contribution in [3.05, 3.63) is 125 Å². The third-order valence-electron chi connectivity index (χ3n) is 7.21. The predicted octanol–water partition coefficient (Wildman–Crippen LogP) is 5.50. The summed E-state index contributed by atoms with van der Waals surface area (Å²) in [6.45, 7) is 0.718. The zero-order valence-corrected chi connectivity index (χ0v) is 22.9. The summed E-state index contributed by atoms with van der Waals surface area (Å²) in [7, 11) is 1.81. The molecule has 5 rings (SSSR count). The number of anilines is 1. The third kappa shape index (κ3) is 6.47. The molecule has 8 nitrogen and oxygen atoms in total. The smallest absolute Gasteiger partial charge is 0.407 e. The second kappa shape index (κ2) is 12.7. The molecule has 0 spiro atoms. The van der Waals surface area contributed by atoms with Crippen molar-refractivity contribution in [3.63, 3.8) is 0 Å². The van der Waals surface area contributed by atoms with Crippen molar-refractivity contribution in [2.24, 2.45) is 0 Å². The van der Waals surface area contributed by atoms with Gasteiger partial charge in [0.25, 0.3) is 0 Å². The van der Waals surface area contributed by atoms with Crippen LogP contribution in [-0.4, -0.2) is 54.2 Å². The number of nitrogens with zero attached hydrogens (tertiary/aromatic N) is 1. The topological polar surface area (TPSA) is 108 Å². The molecule has 0 aromatic heterocycles. The Morgan fingerprint density at radius 2 is 1.52 bits per heavy atom. The van der Waals surface area contributed by atoms with Crippen LogP contribution in [0.1, 0.15) is 33.0 Å². The first-order valence-corrected chi connectivity index (χ1v) is 13.5. The van der Waals surface area contributed by atoms with Crippen LogP contribution in [0.15, 0.2) is 97.1 Å². The summed E-state index contributed by atoms with van der Waals surface area (Å²) in [4.78, 5) is 39.4. The number of hydrogen-bond donors (Lipinski definition) is 3. The number of amides is 2. The number of alkyl carbamates (subject to hydrolysis) is 1. The van der Waals surface area contributed by atoms with Crippen LogP contribution >= 0.6 is 0 Å².